The Morgan fingerprint density at radius 2 is 2.00 bits per heavy atom. The van der Waals surface area contributed by atoms with Crippen molar-refractivity contribution in [1.82, 2.24) is 24.9 Å². The molecule has 2 aliphatic heterocycles. The number of hydrogen-bond donors (Lipinski definition) is 0. The van der Waals surface area contributed by atoms with Crippen LogP contribution in [0.5, 0.6) is 5.88 Å². The first kappa shape index (κ1) is 16.5. The second kappa shape index (κ2) is 7.09. The van der Waals surface area contributed by atoms with Gasteiger partial charge in [-0.1, -0.05) is 5.16 Å². The fraction of sp³-hybridized carbons (Fsp3) is 0.611. The minimum atomic E-state index is 0.251. The molecular formula is C18H25N5O2. The molecular weight excluding hydrogens is 318 g/mol. The molecule has 4 heterocycles. The molecule has 0 unspecified atom stereocenters. The van der Waals surface area contributed by atoms with E-state index in [0.717, 1.165) is 24.4 Å². The zero-order valence-corrected chi connectivity index (χ0v) is 14.9. The lowest BCUT2D eigenvalue weighted by Crippen LogP contribution is -2.43. The van der Waals surface area contributed by atoms with Gasteiger partial charge in [0.15, 0.2) is 0 Å². The van der Waals surface area contributed by atoms with Crippen molar-refractivity contribution < 1.29 is 9.26 Å². The summed E-state index contributed by atoms with van der Waals surface area (Å²) in [6.45, 7) is 3.46. The van der Waals surface area contributed by atoms with E-state index in [1.165, 1.54) is 32.4 Å². The van der Waals surface area contributed by atoms with Crippen LogP contribution < -0.4 is 4.74 Å². The summed E-state index contributed by atoms with van der Waals surface area (Å²) in [5.74, 6) is 1.92. The van der Waals surface area contributed by atoms with Crippen molar-refractivity contribution in [1.29, 1.82) is 0 Å². The number of likely N-dealkylation sites (tertiary alicyclic amines) is 2. The van der Waals surface area contributed by atoms with Crippen LogP contribution in [0.1, 0.15) is 37.6 Å². The van der Waals surface area contributed by atoms with Crippen LogP contribution in [0.15, 0.2) is 22.9 Å². The third-order valence-corrected chi connectivity index (χ3v) is 5.38. The van der Waals surface area contributed by atoms with Crippen LogP contribution in [-0.4, -0.2) is 64.8 Å². The van der Waals surface area contributed by atoms with Crippen molar-refractivity contribution in [3.63, 3.8) is 0 Å². The SMILES string of the molecule is COc1ccc(-c2noc([C@@H]3CCCN3C3CCN(C)CC3)n2)cn1. The topological polar surface area (TPSA) is 67.5 Å². The van der Waals surface area contributed by atoms with Gasteiger partial charge in [-0.3, -0.25) is 4.90 Å². The average molecular weight is 343 g/mol. The molecule has 2 saturated heterocycles. The van der Waals surface area contributed by atoms with Gasteiger partial charge in [0, 0.05) is 23.9 Å². The zero-order chi connectivity index (χ0) is 17.2. The second-order valence-corrected chi connectivity index (χ2v) is 6.98. The lowest BCUT2D eigenvalue weighted by atomic mass is 10.0. The molecule has 2 aromatic heterocycles. The van der Waals surface area contributed by atoms with E-state index in [-0.39, 0.29) is 6.04 Å². The molecule has 0 N–H and O–H groups in total. The van der Waals surface area contributed by atoms with E-state index in [4.69, 9.17) is 9.26 Å². The predicted octanol–water partition coefficient (Wildman–Crippen LogP) is 2.37. The summed E-state index contributed by atoms with van der Waals surface area (Å²) >= 11 is 0. The Hall–Kier alpha value is -1.99. The normalized spacial score (nSPS) is 23.2. The average Bonchev–Trinajstić information content (AvgIpc) is 3.31. The molecule has 2 aromatic rings. The lowest BCUT2D eigenvalue weighted by molar-refractivity contribution is 0.0958. The molecule has 2 fully saturated rings. The standard InChI is InChI=1S/C18H25N5O2/c1-22-10-7-14(8-11-22)23-9-3-4-15(23)18-20-17(21-25-18)13-5-6-16(24-2)19-12-13/h5-6,12,14-15H,3-4,7-11H2,1-2H3/t15-/m0/s1. The lowest BCUT2D eigenvalue weighted by Gasteiger charge is -2.37. The maximum Gasteiger partial charge on any atom is 0.244 e. The first-order valence-corrected chi connectivity index (χ1v) is 9.03. The third kappa shape index (κ3) is 3.39. The minimum absolute atomic E-state index is 0.251. The molecule has 7 heteroatoms. The fourth-order valence-electron chi connectivity index (χ4n) is 3.94. The quantitative estimate of drug-likeness (QED) is 0.844. The highest BCUT2D eigenvalue weighted by Crippen LogP contribution is 2.36. The minimum Gasteiger partial charge on any atom is -0.481 e. The summed E-state index contributed by atoms with van der Waals surface area (Å²) in [4.78, 5) is 13.9. The van der Waals surface area contributed by atoms with E-state index in [2.05, 4.69) is 32.0 Å². The first-order chi connectivity index (χ1) is 12.2. The summed E-state index contributed by atoms with van der Waals surface area (Å²) in [6.07, 6.45) is 6.44. The summed E-state index contributed by atoms with van der Waals surface area (Å²) in [5, 5.41) is 4.18. The summed E-state index contributed by atoms with van der Waals surface area (Å²) < 4.78 is 10.7. The van der Waals surface area contributed by atoms with Crippen LogP contribution in [0.3, 0.4) is 0 Å². The molecule has 0 spiro atoms. The Kier molecular flexibility index (Phi) is 4.67. The van der Waals surface area contributed by atoms with Crippen LogP contribution in [0.25, 0.3) is 11.4 Å². The highest BCUT2D eigenvalue weighted by atomic mass is 16.5. The maximum atomic E-state index is 5.63. The molecule has 0 aliphatic carbocycles. The Bertz CT molecular complexity index is 694. The number of pyridine rings is 1. The molecule has 7 nitrogen and oxygen atoms in total. The number of hydrogen-bond acceptors (Lipinski definition) is 7. The second-order valence-electron chi connectivity index (χ2n) is 6.98. The zero-order valence-electron chi connectivity index (χ0n) is 14.9. The van der Waals surface area contributed by atoms with Gasteiger partial charge < -0.3 is 14.2 Å². The number of methoxy groups -OCH3 is 1. The van der Waals surface area contributed by atoms with Crippen LogP contribution in [-0.2, 0) is 0 Å². The molecule has 0 aromatic carbocycles. The van der Waals surface area contributed by atoms with E-state index < -0.39 is 0 Å². The first-order valence-electron chi connectivity index (χ1n) is 9.03. The molecule has 0 saturated carbocycles. The van der Waals surface area contributed by atoms with Crippen molar-refractivity contribution in [2.24, 2.45) is 0 Å². The van der Waals surface area contributed by atoms with Gasteiger partial charge in [0.2, 0.25) is 17.6 Å². The highest BCUT2D eigenvalue weighted by molar-refractivity contribution is 5.53. The molecule has 4 rings (SSSR count). The molecule has 134 valence electrons. The van der Waals surface area contributed by atoms with Gasteiger partial charge in [0.1, 0.15) is 0 Å². The summed E-state index contributed by atoms with van der Waals surface area (Å²) in [6, 6.07) is 4.60. The van der Waals surface area contributed by atoms with Crippen molar-refractivity contribution in [2.45, 2.75) is 37.8 Å². The van der Waals surface area contributed by atoms with E-state index in [0.29, 0.717) is 17.7 Å². The number of piperidine rings is 1. The van der Waals surface area contributed by atoms with Gasteiger partial charge in [0.05, 0.1) is 13.2 Å². The van der Waals surface area contributed by atoms with Crippen LogP contribution in [0.4, 0.5) is 0 Å². The fourth-order valence-corrected chi connectivity index (χ4v) is 3.94. The summed E-state index contributed by atoms with van der Waals surface area (Å²) in [5.41, 5.74) is 0.847. The van der Waals surface area contributed by atoms with Gasteiger partial charge in [-0.25, -0.2) is 4.98 Å². The van der Waals surface area contributed by atoms with Gasteiger partial charge in [0.25, 0.3) is 0 Å². The number of ether oxygens (including phenoxy) is 1. The Labute approximate surface area is 148 Å². The maximum absolute atomic E-state index is 5.63. The van der Waals surface area contributed by atoms with Gasteiger partial charge in [-0.2, -0.15) is 4.98 Å². The van der Waals surface area contributed by atoms with Crippen molar-refractivity contribution in [2.75, 3.05) is 33.8 Å². The third-order valence-electron chi connectivity index (χ3n) is 5.38. The molecule has 1 atom stereocenters. The smallest absolute Gasteiger partial charge is 0.244 e. The Balaban J connectivity index is 1.50. The number of rotatable bonds is 4. The molecule has 0 amide bonds. The Morgan fingerprint density at radius 1 is 1.16 bits per heavy atom. The summed E-state index contributed by atoms with van der Waals surface area (Å²) in [7, 11) is 3.80. The predicted molar refractivity (Wildman–Crippen MR) is 93.3 cm³/mol. The van der Waals surface area contributed by atoms with Crippen molar-refractivity contribution >= 4 is 0 Å². The molecule has 0 bridgehead atoms. The van der Waals surface area contributed by atoms with Crippen LogP contribution in [0.2, 0.25) is 0 Å². The van der Waals surface area contributed by atoms with Crippen molar-refractivity contribution in [3.8, 4) is 17.3 Å². The van der Waals surface area contributed by atoms with E-state index >= 15 is 0 Å². The monoisotopic (exact) mass is 343 g/mol. The molecule has 25 heavy (non-hydrogen) atoms. The molecule has 2 aliphatic rings. The number of aromatic nitrogens is 3. The van der Waals surface area contributed by atoms with Crippen LogP contribution in [0, 0.1) is 0 Å². The van der Waals surface area contributed by atoms with Crippen LogP contribution >= 0.6 is 0 Å². The van der Waals surface area contributed by atoms with Gasteiger partial charge in [-0.15, -0.1) is 0 Å². The van der Waals surface area contributed by atoms with E-state index in [1.54, 1.807) is 13.3 Å². The van der Waals surface area contributed by atoms with Crippen molar-refractivity contribution in [3.05, 3.63) is 24.2 Å². The van der Waals surface area contributed by atoms with E-state index in [9.17, 15) is 0 Å². The van der Waals surface area contributed by atoms with E-state index in [1.807, 2.05) is 12.1 Å². The Morgan fingerprint density at radius 3 is 2.72 bits per heavy atom. The highest BCUT2D eigenvalue weighted by Gasteiger charge is 2.36. The largest absolute Gasteiger partial charge is 0.481 e. The number of nitrogens with zero attached hydrogens (tertiary/aromatic N) is 5. The van der Waals surface area contributed by atoms with Gasteiger partial charge in [-0.05, 0) is 58.4 Å². The van der Waals surface area contributed by atoms with Gasteiger partial charge >= 0.3 is 0 Å². The molecule has 0 radical (unpaired) electrons.